The monoisotopic (exact) mass is 341 g/mol. The molecular formula is C19H23N3O3. The smallest absolute Gasteiger partial charge is 0.289 e. The molecule has 6 heteroatoms. The number of hydrogen-bond donors (Lipinski definition) is 1. The molecule has 1 saturated heterocycles. The lowest BCUT2D eigenvalue weighted by Gasteiger charge is -2.34. The van der Waals surface area contributed by atoms with Crippen LogP contribution in [-0.2, 0) is 4.79 Å². The van der Waals surface area contributed by atoms with Crippen molar-refractivity contribution in [1.29, 1.82) is 0 Å². The van der Waals surface area contributed by atoms with E-state index in [2.05, 4.69) is 5.32 Å². The van der Waals surface area contributed by atoms with Crippen LogP contribution < -0.4 is 5.32 Å². The van der Waals surface area contributed by atoms with Crippen molar-refractivity contribution in [2.24, 2.45) is 0 Å². The van der Waals surface area contributed by atoms with Gasteiger partial charge in [0.1, 0.15) is 0 Å². The van der Waals surface area contributed by atoms with E-state index in [9.17, 15) is 9.59 Å². The third kappa shape index (κ3) is 4.41. The first-order valence-electron chi connectivity index (χ1n) is 8.54. The summed E-state index contributed by atoms with van der Waals surface area (Å²) in [6, 6.07) is 11.5. The zero-order chi connectivity index (χ0) is 17.6. The molecule has 0 radical (unpaired) electrons. The molecule has 1 N–H and O–H groups in total. The summed E-state index contributed by atoms with van der Waals surface area (Å²) in [7, 11) is 0. The summed E-state index contributed by atoms with van der Waals surface area (Å²) in [4.78, 5) is 28.1. The third-order valence-electron chi connectivity index (χ3n) is 4.37. The number of aryl methyl sites for hydroxylation is 1. The van der Waals surface area contributed by atoms with Crippen molar-refractivity contribution in [3.8, 4) is 0 Å². The predicted molar refractivity (Wildman–Crippen MR) is 95.5 cm³/mol. The van der Waals surface area contributed by atoms with Gasteiger partial charge in [-0.25, -0.2) is 0 Å². The molecule has 2 aromatic rings. The van der Waals surface area contributed by atoms with E-state index in [1.807, 2.05) is 36.1 Å². The molecule has 25 heavy (non-hydrogen) atoms. The summed E-state index contributed by atoms with van der Waals surface area (Å²) >= 11 is 0. The minimum Gasteiger partial charge on any atom is -0.459 e. The van der Waals surface area contributed by atoms with Gasteiger partial charge in [0.2, 0.25) is 5.91 Å². The van der Waals surface area contributed by atoms with Crippen LogP contribution in [0.15, 0.2) is 47.1 Å². The number of carbonyl (C=O) groups excluding carboxylic acids is 2. The molecule has 1 aromatic heterocycles. The van der Waals surface area contributed by atoms with Crippen LogP contribution in [0.25, 0.3) is 0 Å². The summed E-state index contributed by atoms with van der Waals surface area (Å²) in [5, 5.41) is 3.26. The molecule has 0 bridgehead atoms. The number of hydrogen-bond acceptors (Lipinski definition) is 4. The Kier molecular flexibility index (Phi) is 5.38. The topological polar surface area (TPSA) is 65.8 Å². The Hall–Kier alpha value is -2.76. The SMILES string of the molecule is Cc1ccc(NCCC(=O)N2CCN(C(=O)c3ccco3)CC2)cc1. The molecule has 1 aromatic carbocycles. The molecule has 0 atom stereocenters. The van der Waals surface area contributed by atoms with Gasteiger partial charge in [-0.05, 0) is 31.2 Å². The van der Waals surface area contributed by atoms with Gasteiger partial charge >= 0.3 is 0 Å². The molecule has 3 rings (SSSR count). The van der Waals surface area contributed by atoms with Crippen LogP contribution in [-0.4, -0.2) is 54.3 Å². The summed E-state index contributed by atoms with van der Waals surface area (Å²) in [5.74, 6) is 0.352. The molecule has 2 heterocycles. The van der Waals surface area contributed by atoms with Gasteiger partial charge in [-0.15, -0.1) is 0 Å². The van der Waals surface area contributed by atoms with E-state index in [1.165, 1.54) is 11.8 Å². The van der Waals surface area contributed by atoms with Gasteiger partial charge in [0.15, 0.2) is 5.76 Å². The van der Waals surface area contributed by atoms with Gasteiger partial charge in [-0.1, -0.05) is 17.7 Å². The van der Waals surface area contributed by atoms with Crippen LogP contribution in [0.4, 0.5) is 5.69 Å². The second-order valence-electron chi connectivity index (χ2n) is 6.19. The largest absolute Gasteiger partial charge is 0.459 e. The zero-order valence-corrected chi connectivity index (χ0v) is 14.4. The first kappa shape index (κ1) is 17.1. The first-order chi connectivity index (χ1) is 12.1. The normalized spacial score (nSPS) is 14.4. The van der Waals surface area contributed by atoms with E-state index in [-0.39, 0.29) is 11.8 Å². The minimum atomic E-state index is -0.113. The second-order valence-corrected chi connectivity index (χ2v) is 6.19. The summed E-state index contributed by atoms with van der Waals surface area (Å²) in [5.41, 5.74) is 2.23. The van der Waals surface area contributed by atoms with Crippen LogP contribution >= 0.6 is 0 Å². The maximum absolute atomic E-state index is 12.3. The van der Waals surface area contributed by atoms with Crippen molar-refractivity contribution in [1.82, 2.24) is 9.80 Å². The van der Waals surface area contributed by atoms with Crippen molar-refractivity contribution < 1.29 is 14.0 Å². The van der Waals surface area contributed by atoms with Gasteiger partial charge < -0.3 is 19.5 Å². The highest BCUT2D eigenvalue weighted by atomic mass is 16.3. The summed E-state index contributed by atoms with van der Waals surface area (Å²) < 4.78 is 5.15. The number of rotatable bonds is 5. The third-order valence-corrected chi connectivity index (χ3v) is 4.37. The van der Waals surface area contributed by atoms with E-state index in [0.29, 0.717) is 44.9 Å². The Morgan fingerprint density at radius 3 is 2.36 bits per heavy atom. The Morgan fingerprint density at radius 2 is 1.72 bits per heavy atom. The first-order valence-corrected chi connectivity index (χ1v) is 8.54. The highest BCUT2D eigenvalue weighted by Crippen LogP contribution is 2.11. The fourth-order valence-corrected chi connectivity index (χ4v) is 2.86. The number of anilines is 1. The van der Waals surface area contributed by atoms with Crippen molar-refractivity contribution >= 4 is 17.5 Å². The lowest BCUT2D eigenvalue weighted by molar-refractivity contribution is -0.132. The Balaban J connectivity index is 1.41. The number of furan rings is 1. The fraction of sp³-hybridized carbons (Fsp3) is 0.368. The van der Waals surface area contributed by atoms with Crippen molar-refractivity contribution in [3.05, 3.63) is 54.0 Å². The van der Waals surface area contributed by atoms with E-state index in [0.717, 1.165) is 5.69 Å². The summed E-state index contributed by atoms with van der Waals surface area (Å²) in [6.45, 7) is 4.86. The van der Waals surface area contributed by atoms with Crippen LogP contribution in [0, 0.1) is 6.92 Å². The molecule has 0 unspecified atom stereocenters. The average molecular weight is 341 g/mol. The van der Waals surface area contributed by atoms with Crippen LogP contribution in [0.2, 0.25) is 0 Å². The molecule has 2 amide bonds. The molecule has 1 aliphatic heterocycles. The van der Waals surface area contributed by atoms with Crippen LogP contribution in [0.1, 0.15) is 22.5 Å². The molecule has 132 valence electrons. The Bertz CT molecular complexity index is 702. The molecule has 1 aliphatic rings. The van der Waals surface area contributed by atoms with E-state index in [1.54, 1.807) is 17.0 Å². The maximum Gasteiger partial charge on any atom is 0.289 e. The van der Waals surface area contributed by atoms with E-state index >= 15 is 0 Å². The number of piperazine rings is 1. The van der Waals surface area contributed by atoms with Gasteiger partial charge in [-0.3, -0.25) is 9.59 Å². The van der Waals surface area contributed by atoms with Gasteiger partial charge in [0.25, 0.3) is 5.91 Å². The zero-order valence-electron chi connectivity index (χ0n) is 14.4. The minimum absolute atomic E-state index is 0.113. The number of nitrogens with one attached hydrogen (secondary N) is 1. The molecule has 1 fully saturated rings. The fourth-order valence-electron chi connectivity index (χ4n) is 2.86. The van der Waals surface area contributed by atoms with E-state index in [4.69, 9.17) is 4.42 Å². The Morgan fingerprint density at radius 1 is 1.04 bits per heavy atom. The van der Waals surface area contributed by atoms with Crippen LogP contribution in [0.3, 0.4) is 0 Å². The predicted octanol–water partition coefficient (Wildman–Crippen LogP) is 2.37. The number of carbonyl (C=O) groups is 2. The highest BCUT2D eigenvalue weighted by Gasteiger charge is 2.25. The van der Waals surface area contributed by atoms with Gasteiger partial charge in [-0.2, -0.15) is 0 Å². The standard InChI is InChI=1S/C19H23N3O3/c1-15-4-6-16(7-5-15)20-9-8-18(23)21-10-12-22(13-11-21)19(24)17-3-2-14-25-17/h2-7,14,20H,8-13H2,1H3. The number of amides is 2. The molecule has 0 saturated carbocycles. The highest BCUT2D eigenvalue weighted by molar-refractivity contribution is 5.91. The van der Waals surface area contributed by atoms with Gasteiger partial charge in [0, 0.05) is 44.8 Å². The van der Waals surface area contributed by atoms with Crippen molar-refractivity contribution in [2.75, 3.05) is 38.0 Å². The lowest BCUT2D eigenvalue weighted by Crippen LogP contribution is -2.50. The summed E-state index contributed by atoms with van der Waals surface area (Å²) in [6.07, 6.45) is 1.94. The quantitative estimate of drug-likeness (QED) is 0.907. The van der Waals surface area contributed by atoms with Crippen LogP contribution in [0.5, 0.6) is 0 Å². The number of nitrogens with zero attached hydrogens (tertiary/aromatic N) is 2. The molecule has 0 aliphatic carbocycles. The average Bonchev–Trinajstić information content (AvgIpc) is 3.17. The maximum atomic E-state index is 12.3. The molecule has 0 spiro atoms. The number of benzene rings is 1. The van der Waals surface area contributed by atoms with Gasteiger partial charge in [0.05, 0.1) is 6.26 Å². The van der Waals surface area contributed by atoms with Crippen molar-refractivity contribution in [3.63, 3.8) is 0 Å². The second kappa shape index (κ2) is 7.88. The Labute approximate surface area is 147 Å². The molecule has 6 nitrogen and oxygen atoms in total. The van der Waals surface area contributed by atoms with E-state index < -0.39 is 0 Å². The molecular weight excluding hydrogens is 318 g/mol. The van der Waals surface area contributed by atoms with Crippen molar-refractivity contribution in [2.45, 2.75) is 13.3 Å². The lowest BCUT2D eigenvalue weighted by atomic mass is 10.2.